The number of alkyl halides is 5. The molecule has 1 saturated heterocycles. The van der Waals surface area contributed by atoms with Crippen molar-refractivity contribution in [3.05, 3.63) is 69.8 Å². The summed E-state index contributed by atoms with van der Waals surface area (Å²) < 4.78 is 84.0. The number of carboxylic acid groups (broad SMARTS) is 1. The lowest BCUT2D eigenvalue weighted by Gasteiger charge is -2.32. The number of carbonyl (C=O) groups excluding carboxylic acids is 1. The number of aliphatic carboxylic acids is 1. The average Bonchev–Trinajstić information content (AvgIpc) is 3.35. The lowest BCUT2D eigenvalue weighted by atomic mass is 9.93. The Morgan fingerprint density at radius 2 is 1.84 bits per heavy atom. The van der Waals surface area contributed by atoms with Crippen molar-refractivity contribution in [1.29, 1.82) is 0 Å². The van der Waals surface area contributed by atoms with Gasteiger partial charge in [-0.05, 0) is 43.0 Å². The van der Waals surface area contributed by atoms with Crippen LogP contribution in [0.2, 0.25) is 5.02 Å². The number of carbonyl (C=O) groups is 2. The van der Waals surface area contributed by atoms with Crippen LogP contribution in [-0.2, 0) is 20.5 Å². The van der Waals surface area contributed by atoms with Crippen molar-refractivity contribution in [3.8, 4) is 11.4 Å². The van der Waals surface area contributed by atoms with Crippen LogP contribution in [0.5, 0.6) is 5.75 Å². The molecule has 0 spiro atoms. The van der Waals surface area contributed by atoms with Gasteiger partial charge >= 0.3 is 12.1 Å². The van der Waals surface area contributed by atoms with Crippen LogP contribution in [0.4, 0.5) is 22.0 Å². The Bertz CT molecular complexity index is 1520. The largest absolute Gasteiger partial charge is 0.496 e. The quantitative estimate of drug-likeness (QED) is 0.313. The van der Waals surface area contributed by atoms with E-state index in [9.17, 15) is 31.5 Å². The Morgan fingerprint density at radius 1 is 1.12 bits per heavy atom. The molecule has 2 aliphatic rings. The highest BCUT2D eigenvalue weighted by atomic mass is 35.5. The number of piperidine rings is 1. The van der Waals surface area contributed by atoms with Crippen molar-refractivity contribution in [2.75, 3.05) is 20.2 Å². The number of aromatic nitrogens is 3. The zero-order chi connectivity index (χ0) is 31.1. The molecule has 3 heterocycles. The van der Waals surface area contributed by atoms with Crippen LogP contribution >= 0.6 is 11.6 Å². The number of nitrogens with zero attached hydrogens (tertiary/aromatic N) is 4. The molecular weight excluding hydrogens is 603 g/mol. The Morgan fingerprint density at radius 3 is 2.47 bits per heavy atom. The summed E-state index contributed by atoms with van der Waals surface area (Å²) in [5, 5.41) is 16.7. The molecule has 5 rings (SSSR count). The van der Waals surface area contributed by atoms with E-state index in [1.54, 1.807) is 0 Å². The van der Waals surface area contributed by atoms with E-state index in [0.29, 0.717) is 12.8 Å². The number of likely N-dealkylation sites (tertiary alicyclic amines) is 1. The van der Waals surface area contributed by atoms with Crippen molar-refractivity contribution < 1.29 is 46.1 Å². The van der Waals surface area contributed by atoms with Gasteiger partial charge in [-0.15, -0.1) is 10.2 Å². The Balaban J connectivity index is 1.61. The van der Waals surface area contributed by atoms with Gasteiger partial charge in [0.2, 0.25) is 11.7 Å². The lowest BCUT2D eigenvalue weighted by Crippen LogP contribution is -2.39. The normalized spacial score (nSPS) is 19.1. The first-order chi connectivity index (χ1) is 20.4. The van der Waals surface area contributed by atoms with Crippen LogP contribution in [-0.4, -0.2) is 56.8 Å². The number of rotatable bonds is 7. The van der Waals surface area contributed by atoms with Crippen LogP contribution in [0, 0.1) is 5.92 Å². The fourth-order valence-corrected chi connectivity index (χ4v) is 5.87. The van der Waals surface area contributed by atoms with Gasteiger partial charge in [0.15, 0.2) is 5.82 Å². The molecule has 1 N–H and O–H groups in total. The molecule has 1 aromatic heterocycles. The third kappa shape index (κ3) is 6.16. The summed E-state index contributed by atoms with van der Waals surface area (Å²) >= 11 is 6.25. The molecule has 0 saturated carbocycles. The van der Waals surface area contributed by atoms with E-state index >= 15 is 0 Å². The number of methoxy groups -OCH3 is 1. The zero-order valence-electron chi connectivity index (χ0n) is 22.7. The van der Waals surface area contributed by atoms with Crippen LogP contribution in [0.3, 0.4) is 0 Å². The molecule has 1 amide bonds. The molecule has 2 aromatic carbocycles. The van der Waals surface area contributed by atoms with Crippen LogP contribution < -0.4 is 4.74 Å². The van der Waals surface area contributed by atoms with Crippen LogP contribution in [0.15, 0.2) is 36.4 Å². The zero-order valence-corrected chi connectivity index (χ0v) is 23.4. The molecule has 0 bridgehead atoms. The highest BCUT2D eigenvalue weighted by molar-refractivity contribution is 6.30. The highest BCUT2D eigenvalue weighted by Gasteiger charge is 2.43. The van der Waals surface area contributed by atoms with Gasteiger partial charge < -0.3 is 19.5 Å². The van der Waals surface area contributed by atoms with Crippen LogP contribution in [0.25, 0.3) is 5.69 Å². The lowest BCUT2D eigenvalue weighted by molar-refractivity contribution is -0.143. The second kappa shape index (κ2) is 12.1. The maximum Gasteiger partial charge on any atom is 0.420 e. The van der Waals surface area contributed by atoms with Gasteiger partial charge in [-0.1, -0.05) is 23.7 Å². The van der Waals surface area contributed by atoms with E-state index in [2.05, 4.69) is 10.2 Å². The van der Waals surface area contributed by atoms with Gasteiger partial charge in [0.1, 0.15) is 23.5 Å². The summed E-state index contributed by atoms with van der Waals surface area (Å²) in [6, 6.07) is 7.73. The molecule has 2 atom stereocenters. The van der Waals surface area contributed by atoms with Gasteiger partial charge in [0, 0.05) is 35.7 Å². The summed E-state index contributed by atoms with van der Waals surface area (Å²) in [6.07, 6.45) is -10.5. The molecule has 0 aliphatic carbocycles. The monoisotopic (exact) mass is 628 g/mol. The Kier molecular flexibility index (Phi) is 8.61. The molecule has 2 aliphatic heterocycles. The van der Waals surface area contributed by atoms with Gasteiger partial charge in [0.25, 0.3) is 6.43 Å². The smallest absolute Gasteiger partial charge is 0.420 e. The summed E-state index contributed by atoms with van der Waals surface area (Å²) in [6.45, 7) is 0.512. The predicted octanol–water partition coefficient (Wildman–Crippen LogP) is 6.15. The average molecular weight is 629 g/mol. The van der Waals surface area contributed by atoms with Gasteiger partial charge in [-0.25, -0.2) is 8.78 Å². The minimum Gasteiger partial charge on any atom is -0.496 e. The summed E-state index contributed by atoms with van der Waals surface area (Å²) in [5.41, 5.74) is -1.46. The number of hydrogen-bond donors (Lipinski definition) is 1. The molecule has 0 radical (unpaired) electrons. The van der Waals surface area contributed by atoms with Crippen molar-refractivity contribution >= 4 is 23.5 Å². The SMILES string of the molecule is COc1cccc([C@H]2O[C@H](CC(=O)N3CCC(CC(=O)O)CC3)c3nnc(C(F)F)n3-c3ccc(Cl)cc32)c1C(F)(F)F. The number of benzene rings is 2. The summed E-state index contributed by atoms with van der Waals surface area (Å²) in [4.78, 5) is 26.0. The van der Waals surface area contributed by atoms with Crippen molar-refractivity contribution in [2.45, 2.75) is 50.5 Å². The van der Waals surface area contributed by atoms with E-state index in [1.807, 2.05) is 0 Å². The topological polar surface area (TPSA) is 107 Å². The van der Waals surface area contributed by atoms with E-state index in [1.165, 1.54) is 35.2 Å². The number of halogens is 6. The second-order valence-electron chi connectivity index (χ2n) is 10.3. The summed E-state index contributed by atoms with van der Waals surface area (Å²) in [5.74, 6) is -2.96. The highest BCUT2D eigenvalue weighted by Crippen LogP contribution is 2.48. The third-order valence-electron chi connectivity index (χ3n) is 7.64. The second-order valence-corrected chi connectivity index (χ2v) is 10.7. The minimum absolute atomic E-state index is 0.0186. The molecule has 230 valence electrons. The van der Waals surface area contributed by atoms with Gasteiger partial charge in [-0.2, -0.15) is 13.2 Å². The fourth-order valence-electron chi connectivity index (χ4n) is 5.68. The van der Waals surface area contributed by atoms with Crippen molar-refractivity contribution in [2.24, 2.45) is 5.92 Å². The molecular formula is C28H26ClF5N4O5. The first kappa shape index (κ1) is 30.7. The number of hydrogen-bond acceptors (Lipinski definition) is 6. The Hall–Kier alpha value is -3.78. The maximum absolute atomic E-state index is 14.5. The molecule has 3 aromatic rings. The number of ether oxygens (including phenoxy) is 2. The molecule has 1 fully saturated rings. The first-order valence-electron chi connectivity index (χ1n) is 13.3. The van der Waals surface area contributed by atoms with Gasteiger partial charge in [0.05, 0.1) is 19.2 Å². The van der Waals surface area contributed by atoms with Gasteiger partial charge in [-0.3, -0.25) is 14.2 Å². The number of carboxylic acids is 1. The van der Waals surface area contributed by atoms with E-state index in [0.717, 1.165) is 17.7 Å². The molecule has 0 unspecified atom stereocenters. The van der Waals surface area contributed by atoms with E-state index in [4.69, 9.17) is 26.2 Å². The molecule has 43 heavy (non-hydrogen) atoms. The van der Waals surface area contributed by atoms with E-state index in [-0.39, 0.29) is 53.1 Å². The molecule has 15 heteroatoms. The third-order valence-corrected chi connectivity index (χ3v) is 7.88. The predicted molar refractivity (Wildman–Crippen MR) is 141 cm³/mol. The number of fused-ring (bicyclic) bond motifs is 3. The minimum atomic E-state index is -4.90. The fraction of sp³-hybridized carbons (Fsp3) is 0.429. The first-order valence-corrected chi connectivity index (χ1v) is 13.7. The Labute approximate surface area is 247 Å². The molecule has 9 nitrogen and oxygen atoms in total. The maximum atomic E-state index is 14.5. The van der Waals surface area contributed by atoms with Crippen molar-refractivity contribution in [1.82, 2.24) is 19.7 Å². The standard InChI is InChI=1S/C28H26ClF5N4O5/c1-42-19-4-2-3-16(23(19)28(32,33)34)24-17-12-15(29)5-6-18(17)38-26(35-36-27(38)25(30)31)20(43-24)13-21(39)37-9-7-14(8-10-37)11-22(40)41/h2-6,12,14,20,24-25H,7-11,13H2,1H3,(H,40,41)/t20-,24-/m1/s1. The van der Waals surface area contributed by atoms with E-state index < -0.39 is 60.2 Å². The number of amides is 1. The van der Waals surface area contributed by atoms with Crippen LogP contribution in [0.1, 0.15) is 72.7 Å². The van der Waals surface area contributed by atoms with Crippen molar-refractivity contribution in [3.63, 3.8) is 0 Å². The summed E-state index contributed by atoms with van der Waals surface area (Å²) in [7, 11) is 1.09.